The highest BCUT2D eigenvalue weighted by Gasteiger charge is 2.17. The van der Waals surface area contributed by atoms with Crippen LogP contribution in [0.4, 0.5) is 5.82 Å². The lowest BCUT2D eigenvalue weighted by atomic mass is 9.99. The van der Waals surface area contributed by atoms with Crippen LogP contribution < -0.4 is 10.2 Å². The number of likely N-dealkylation sites (N-methyl/N-ethyl adjacent to an activating group) is 1. The van der Waals surface area contributed by atoms with E-state index in [-0.39, 0.29) is 12.4 Å². The Morgan fingerprint density at radius 2 is 2.08 bits per heavy atom. The van der Waals surface area contributed by atoms with Crippen molar-refractivity contribution in [1.29, 1.82) is 0 Å². The van der Waals surface area contributed by atoms with Crippen molar-refractivity contribution in [2.75, 3.05) is 25.0 Å². The highest BCUT2D eigenvalue weighted by molar-refractivity contribution is 5.85. The maximum atomic E-state index is 5.35. The minimum absolute atomic E-state index is 0. The standard InChI is InChI=1S/C17H25N5O.ClH/c1-12-6-8-22(9-7-12)16-5-4-14(11-19-16)17-20-15(21-23-17)10-13(2)18-3;/h4-5,11-13,18H,6-10H2,1-3H3;1H. The number of rotatable bonds is 5. The summed E-state index contributed by atoms with van der Waals surface area (Å²) < 4.78 is 5.35. The number of nitrogens with one attached hydrogen (secondary N) is 1. The number of halogens is 1. The predicted molar refractivity (Wildman–Crippen MR) is 97.6 cm³/mol. The third-order valence-corrected chi connectivity index (χ3v) is 4.55. The van der Waals surface area contributed by atoms with E-state index < -0.39 is 0 Å². The van der Waals surface area contributed by atoms with Crippen LogP contribution in [0.5, 0.6) is 0 Å². The smallest absolute Gasteiger partial charge is 0.259 e. The Morgan fingerprint density at radius 1 is 1.33 bits per heavy atom. The highest BCUT2D eigenvalue weighted by Crippen LogP contribution is 2.23. The van der Waals surface area contributed by atoms with Crippen molar-refractivity contribution in [3.8, 4) is 11.5 Å². The van der Waals surface area contributed by atoms with E-state index in [1.54, 1.807) is 0 Å². The van der Waals surface area contributed by atoms with E-state index in [1.165, 1.54) is 12.8 Å². The van der Waals surface area contributed by atoms with E-state index in [9.17, 15) is 0 Å². The van der Waals surface area contributed by atoms with Gasteiger partial charge in [-0.1, -0.05) is 12.1 Å². The monoisotopic (exact) mass is 351 g/mol. The number of pyridine rings is 1. The van der Waals surface area contributed by atoms with Gasteiger partial charge < -0.3 is 14.7 Å². The Hall–Kier alpha value is -1.66. The average Bonchev–Trinajstić information content (AvgIpc) is 3.04. The van der Waals surface area contributed by atoms with Gasteiger partial charge in [0.25, 0.3) is 5.89 Å². The quantitative estimate of drug-likeness (QED) is 0.893. The zero-order chi connectivity index (χ0) is 16.2. The second-order valence-electron chi connectivity index (χ2n) is 6.48. The van der Waals surface area contributed by atoms with Crippen molar-refractivity contribution >= 4 is 18.2 Å². The maximum absolute atomic E-state index is 5.35. The number of hydrogen-bond acceptors (Lipinski definition) is 6. The first kappa shape index (κ1) is 18.7. The van der Waals surface area contributed by atoms with Crippen molar-refractivity contribution in [3.05, 3.63) is 24.2 Å². The zero-order valence-electron chi connectivity index (χ0n) is 14.5. The Bertz CT molecular complexity index is 622. The molecule has 1 aliphatic heterocycles. The first-order valence-corrected chi connectivity index (χ1v) is 8.37. The van der Waals surface area contributed by atoms with Gasteiger partial charge in [0, 0.05) is 31.7 Å². The van der Waals surface area contributed by atoms with E-state index in [2.05, 4.69) is 39.2 Å². The molecule has 2 aromatic heterocycles. The molecule has 0 bridgehead atoms. The van der Waals surface area contributed by atoms with Crippen LogP contribution >= 0.6 is 12.4 Å². The van der Waals surface area contributed by atoms with Crippen LogP contribution in [0.3, 0.4) is 0 Å². The molecule has 1 atom stereocenters. The molecule has 6 nitrogen and oxygen atoms in total. The first-order valence-electron chi connectivity index (χ1n) is 8.37. The fourth-order valence-corrected chi connectivity index (χ4v) is 2.77. The lowest BCUT2D eigenvalue weighted by molar-refractivity contribution is 0.418. The van der Waals surface area contributed by atoms with Crippen LogP contribution in [0.1, 0.15) is 32.5 Å². The van der Waals surface area contributed by atoms with E-state index in [4.69, 9.17) is 4.52 Å². The van der Waals surface area contributed by atoms with E-state index in [0.29, 0.717) is 11.9 Å². The predicted octanol–water partition coefficient (Wildman–Crippen LogP) is 2.94. The Morgan fingerprint density at radius 3 is 2.71 bits per heavy atom. The Balaban J connectivity index is 0.00000208. The fourth-order valence-electron chi connectivity index (χ4n) is 2.77. The van der Waals surface area contributed by atoms with Crippen molar-refractivity contribution < 1.29 is 4.52 Å². The molecule has 1 unspecified atom stereocenters. The minimum atomic E-state index is 0. The van der Waals surface area contributed by atoms with Crippen LogP contribution in [0, 0.1) is 5.92 Å². The molecule has 0 aromatic carbocycles. The largest absolute Gasteiger partial charge is 0.357 e. The number of aromatic nitrogens is 3. The lowest BCUT2D eigenvalue weighted by Crippen LogP contribution is -2.33. The van der Waals surface area contributed by atoms with Gasteiger partial charge in [-0.3, -0.25) is 0 Å². The summed E-state index contributed by atoms with van der Waals surface area (Å²) in [4.78, 5) is 11.4. The molecule has 132 valence electrons. The first-order chi connectivity index (χ1) is 11.2. The van der Waals surface area contributed by atoms with E-state index >= 15 is 0 Å². The summed E-state index contributed by atoms with van der Waals surface area (Å²) in [7, 11) is 1.93. The lowest BCUT2D eigenvalue weighted by Gasteiger charge is -2.31. The summed E-state index contributed by atoms with van der Waals surface area (Å²) in [5, 5.41) is 7.21. The minimum Gasteiger partial charge on any atom is -0.357 e. The van der Waals surface area contributed by atoms with Crippen molar-refractivity contribution in [3.63, 3.8) is 0 Å². The molecule has 24 heavy (non-hydrogen) atoms. The second-order valence-corrected chi connectivity index (χ2v) is 6.48. The van der Waals surface area contributed by atoms with Gasteiger partial charge in [-0.25, -0.2) is 4.98 Å². The molecule has 0 amide bonds. The molecular formula is C17H26ClN5O. The van der Waals surface area contributed by atoms with Crippen LogP contribution in [-0.2, 0) is 6.42 Å². The molecule has 3 heterocycles. The Kier molecular flexibility index (Phi) is 6.57. The van der Waals surface area contributed by atoms with Gasteiger partial charge in [0.1, 0.15) is 5.82 Å². The molecule has 1 aliphatic rings. The van der Waals surface area contributed by atoms with Crippen LogP contribution in [0.15, 0.2) is 22.9 Å². The molecule has 1 fully saturated rings. The van der Waals surface area contributed by atoms with Gasteiger partial charge in [0.05, 0.1) is 5.56 Å². The van der Waals surface area contributed by atoms with Gasteiger partial charge >= 0.3 is 0 Å². The molecule has 2 aromatic rings. The second kappa shape index (κ2) is 8.44. The zero-order valence-corrected chi connectivity index (χ0v) is 15.3. The van der Waals surface area contributed by atoms with Crippen molar-refractivity contribution in [1.82, 2.24) is 20.4 Å². The maximum Gasteiger partial charge on any atom is 0.259 e. The summed E-state index contributed by atoms with van der Waals surface area (Å²) >= 11 is 0. The molecule has 0 spiro atoms. The van der Waals surface area contributed by atoms with Crippen LogP contribution in [0.25, 0.3) is 11.5 Å². The fraction of sp³-hybridized carbons (Fsp3) is 0.588. The molecule has 0 radical (unpaired) electrons. The van der Waals surface area contributed by atoms with Crippen molar-refractivity contribution in [2.45, 2.75) is 39.2 Å². The van der Waals surface area contributed by atoms with Gasteiger partial charge in [-0.15, -0.1) is 12.4 Å². The van der Waals surface area contributed by atoms with Gasteiger partial charge in [-0.2, -0.15) is 4.98 Å². The van der Waals surface area contributed by atoms with Crippen LogP contribution in [-0.4, -0.2) is 41.3 Å². The Labute approximate surface area is 149 Å². The molecule has 0 saturated carbocycles. The summed E-state index contributed by atoms with van der Waals surface area (Å²) in [5.41, 5.74) is 0.870. The number of piperidine rings is 1. The van der Waals surface area contributed by atoms with Crippen molar-refractivity contribution in [2.24, 2.45) is 5.92 Å². The van der Waals surface area contributed by atoms with Crippen LogP contribution in [0.2, 0.25) is 0 Å². The summed E-state index contributed by atoms with van der Waals surface area (Å²) in [5.74, 6) is 3.11. The number of hydrogen-bond donors (Lipinski definition) is 1. The third kappa shape index (κ3) is 4.45. The number of nitrogens with zero attached hydrogens (tertiary/aromatic N) is 4. The topological polar surface area (TPSA) is 67.1 Å². The molecule has 1 N–H and O–H groups in total. The van der Waals surface area contributed by atoms with E-state index in [1.807, 2.05) is 25.4 Å². The highest BCUT2D eigenvalue weighted by atomic mass is 35.5. The molecule has 3 rings (SSSR count). The van der Waals surface area contributed by atoms with Gasteiger partial charge in [-0.05, 0) is 44.9 Å². The molecular weight excluding hydrogens is 326 g/mol. The average molecular weight is 352 g/mol. The molecule has 0 aliphatic carbocycles. The van der Waals surface area contributed by atoms with Gasteiger partial charge in [0.2, 0.25) is 0 Å². The molecule has 1 saturated heterocycles. The number of anilines is 1. The summed E-state index contributed by atoms with van der Waals surface area (Å²) in [6, 6.07) is 4.38. The molecule has 7 heteroatoms. The third-order valence-electron chi connectivity index (χ3n) is 4.55. The van der Waals surface area contributed by atoms with E-state index in [0.717, 1.165) is 42.6 Å². The SMILES string of the molecule is CNC(C)Cc1noc(-c2ccc(N3CCC(C)CC3)nc2)n1.Cl. The summed E-state index contributed by atoms with van der Waals surface area (Å²) in [6.07, 6.45) is 5.05. The van der Waals surface area contributed by atoms with Gasteiger partial charge in [0.15, 0.2) is 5.82 Å². The summed E-state index contributed by atoms with van der Waals surface area (Å²) in [6.45, 7) is 6.57. The normalized spacial score (nSPS) is 16.7.